The SMILES string of the molecule is CC(C)CCCOc1ccc(C#CCCCl)cc1. The Bertz CT molecular complexity index is 384. The first-order valence-electron chi connectivity index (χ1n) is 6.50. The lowest BCUT2D eigenvalue weighted by atomic mass is 10.1. The van der Waals surface area contributed by atoms with Gasteiger partial charge in [0.1, 0.15) is 5.75 Å². The molecule has 0 atom stereocenters. The lowest BCUT2D eigenvalue weighted by molar-refractivity contribution is 0.297. The van der Waals surface area contributed by atoms with E-state index in [4.69, 9.17) is 16.3 Å². The van der Waals surface area contributed by atoms with Crippen molar-refractivity contribution in [2.24, 2.45) is 5.92 Å². The average Bonchev–Trinajstić information content (AvgIpc) is 2.36. The van der Waals surface area contributed by atoms with E-state index in [0.717, 1.165) is 36.7 Å². The fourth-order valence-corrected chi connectivity index (χ4v) is 1.62. The molecular formula is C16H21ClO. The van der Waals surface area contributed by atoms with Crippen molar-refractivity contribution in [1.29, 1.82) is 0 Å². The summed E-state index contributed by atoms with van der Waals surface area (Å²) in [7, 11) is 0. The lowest BCUT2D eigenvalue weighted by Crippen LogP contribution is -1.99. The maximum absolute atomic E-state index is 5.67. The molecule has 0 aliphatic carbocycles. The van der Waals surface area contributed by atoms with E-state index < -0.39 is 0 Å². The molecule has 0 radical (unpaired) electrons. The first-order valence-corrected chi connectivity index (χ1v) is 7.03. The van der Waals surface area contributed by atoms with Gasteiger partial charge in [-0.05, 0) is 43.0 Å². The molecule has 0 N–H and O–H groups in total. The Hall–Kier alpha value is -1.13. The van der Waals surface area contributed by atoms with E-state index in [0.29, 0.717) is 5.88 Å². The van der Waals surface area contributed by atoms with Gasteiger partial charge in [-0.3, -0.25) is 0 Å². The van der Waals surface area contributed by atoms with Crippen molar-refractivity contribution in [2.75, 3.05) is 12.5 Å². The molecule has 0 unspecified atom stereocenters. The summed E-state index contributed by atoms with van der Waals surface area (Å²) in [5.74, 6) is 8.33. The van der Waals surface area contributed by atoms with Crippen molar-refractivity contribution in [3.8, 4) is 17.6 Å². The second-order valence-electron chi connectivity index (χ2n) is 4.65. The number of ether oxygens (including phenoxy) is 1. The summed E-state index contributed by atoms with van der Waals surface area (Å²) in [4.78, 5) is 0. The third-order valence-corrected chi connectivity index (χ3v) is 2.69. The van der Waals surface area contributed by atoms with Gasteiger partial charge in [-0.2, -0.15) is 0 Å². The van der Waals surface area contributed by atoms with Gasteiger partial charge in [0.15, 0.2) is 0 Å². The highest BCUT2D eigenvalue weighted by molar-refractivity contribution is 6.18. The van der Waals surface area contributed by atoms with Gasteiger partial charge in [-0.25, -0.2) is 0 Å². The van der Waals surface area contributed by atoms with Crippen LogP contribution in [-0.4, -0.2) is 12.5 Å². The molecule has 0 spiro atoms. The summed E-state index contributed by atoms with van der Waals surface area (Å²) < 4.78 is 5.67. The predicted octanol–water partition coefficient (Wildman–Crippen LogP) is 4.48. The number of benzene rings is 1. The van der Waals surface area contributed by atoms with Crippen LogP contribution in [0.3, 0.4) is 0 Å². The fraction of sp³-hybridized carbons (Fsp3) is 0.500. The van der Waals surface area contributed by atoms with Gasteiger partial charge in [0.05, 0.1) is 6.61 Å². The van der Waals surface area contributed by atoms with Crippen LogP contribution in [-0.2, 0) is 0 Å². The van der Waals surface area contributed by atoms with Crippen LogP contribution in [0.25, 0.3) is 0 Å². The normalized spacial score (nSPS) is 10.0. The fourth-order valence-electron chi connectivity index (χ4n) is 1.53. The predicted molar refractivity (Wildman–Crippen MR) is 78.2 cm³/mol. The highest BCUT2D eigenvalue weighted by Gasteiger charge is 1.96. The van der Waals surface area contributed by atoms with Gasteiger partial charge < -0.3 is 4.74 Å². The Morgan fingerprint density at radius 1 is 1.22 bits per heavy atom. The largest absolute Gasteiger partial charge is 0.494 e. The summed E-state index contributed by atoms with van der Waals surface area (Å²) in [6.07, 6.45) is 3.05. The van der Waals surface area contributed by atoms with Crippen LogP contribution in [0.4, 0.5) is 0 Å². The van der Waals surface area contributed by atoms with Gasteiger partial charge >= 0.3 is 0 Å². The van der Waals surface area contributed by atoms with Crippen LogP contribution < -0.4 is 4.74 Å². The number of hydrogen-bond acceptors (Lipinski definition) is 1. The smallest absolute Gasteiger partial charge is 0.119 e. The van der Waals surface area contributed by atoms with Crippen molar-refractivity contribution in [3.05, 3.63) is 29.8 Å². The Morgan fingerprint density at radius 2 is 1.94 bits per heavy atom. The quantitative estimate of drug-likeness (QED) is 0.418. The van der Waals surface area contributed by atoms with E-state index in [1.165, 1.54) is 6.42 Å². The van der Waals surface area contributed by atoms with E-state index >= 15 is 0 Å². The summed E-state index contributed by atoms with van der Waals surface area (Å²) in [5, 5.41) is 0. The van der Waals surface area contributed by atoms with Crippen molar-refractivity contribution in [1.82, 2.24) is 0 Å². The summed E-state index contributed by atoms with van der Waals surface area (Å²) in [6.45, 7) is 5.25. The third kappa shape index (κ3) is 6.57. The van der Waals surface area contributed by atoms with Crippen LogP contribution in [0.15, 0.2) is 24.3 Å². The van der Waals surface area contributed by atoms with Crippen molar-refractivity contribution in [2.45, 2.75) is 33.1 Å². The second-order valence-corrected chi connectivity index (χ2v) is 5.03. The second kappa shape index (κ2) is 8.89. The van der Waals surface area contributed by atoms with E-state index in [-0.39, 0.29) is 0 Å². The molecule has 1 nitrogen and oxygen atoms in total. The van der Waals surface area contributed by atoms with Crippen LogP contribution in [0.5, 0.6) is 5.75 Å². The molecule has 0 saturated carbocycles. The van der Waals surface area contributed by atoms with Gasteiger partial charge in [-0.15, -0.1) is 11.6 Å². The molecular weight excluding hydrogens is 244 g/mol. The van der Waals surface area contributed by atoms with Crippen molar-refractivity contribution in [3.63, 3.8) is 0 Å². The third-order valence-electron chi connectivity index (χ3n) is 2.50. The number of hydrogen-bond donors (Lipinski definition) is 0. The molecule has 0 aliphatic rings. The maximum Gasteiger partial charge on any atom is 0.119 e. The monoisotopic (exact) mass is 264 g/mol. The van der Waals surface area contributed by atoms with Gasteiger partial charge in [-0.1, -0.05) is 25.7 Å². The molecule has 0 fully saturated rings. The van der Waals surface area contributed by atoms with Gasteiger partial charge in [0.2, 0.25) is 0 Å². The van der Waals surface area contributed by atoms with E-state index in [2.05, 4.69) is 25.7 Å². The molecule has 0 bridgehead atoms. The Kier molecular flexibility index (Phi) is 7.37. The van der Waals surface area contributed by atoms with Crippen molar-refractivity contribution >= 4 is 11.6 Å². The molecule has 0 aromatic heterocycles. The minimum absolute atomic E-state index is 0.587. The molecule has 0 heterocycles. The maximum atomic E-state index is 5.67. The Morgan fingerprint density at radius 3 is 2.56 bits per heavy atom. The van der Waals surface area contributed by atoms with Gasteiger partial charge in [0, 0.05) is 17.9 Å². The van der Waals surface area contributed by atoms with Crippen LogP contribution >= 0.6 is 11.6 Å². The molecule has 0 saturated heterocycles. The standard InChI is InChI=1S/C16H21ClO/c1-14(2)6-5-13-18-16-10-8-15(9-11-16)7-3-4-12-17/h8-11,14H,4-6,12-13H2,1-2H3. The minimum atomic E-state index is 0.587. The molecule has 98 valence electrons. The zero-order chi connectivity index (χ0) is 13.2. The minimum Gasteiger partial charge on any atom is -0.494 e. The molecule has 1 aromatic carbocycles. The summed E-state index contributed by atoms with van der Waals surface area (Å²) in [6, 6.07) is 7.91. The van der Waals surface area contributed by atoms with Crippen LogP contribution in [0, 0.1) is 17.8 Å². The highest BCUT2D eigenvalue weighted by atomic mass is 35.5. The van der Waals surface area contributed by atoms with Crippen LogP contribution in [0.2, 0.25) is 0 Å². The van der Waals surface area contributed by atoms with E-state index in [1.54, 1.807) is 0 Å². The molecule has 2 heteroatoms. The van der Waals surface area contributed by atoms with Crippen molar-refractivity contribution < 1.29 is 4.74 Å². The molecule has 1 aromatic rings. The Balaban J connectivity index is 2.34. The Labute approximate surface area is 115 Å². The molecule has 0 aliphatic heterocycles. The summed E-state index contributed by atoms with van der Waals surface area (Å²) in [5.41, 5.74) is 1.01. The first-order chi connectivity index (χ1) is 8.72. The topological polar surface area (TPSA) is 9.23 Å². The lowest BCUT2D eigenvalue weighted by Gasteiger charge is -2.07. The number of rotatable bonds is 6. The summed E-state index contributed by atoms with van der Waals surface area (Å²) >= 11 is 5.56. The van der Waals surface area contributed by atoms with E-state index in [9.17, 15) is 0 Å². The molecule has 18 heavy (non-hydrogen) atoms. The molecule has 1 rings (SSSR count). The molecule has 0 amide bonds. The number of alkyl halides is 1. The number of halogens is 1. The first kappa shape index (κ1) is 14.9. The van der Waals surface area contributed by atoms with Crippen LogP contribution in [0.1, 0.15) is 38.7 Å². The van der Waals surface area contributed by atoms with Gasteiger partial charge in [0.25, 0.3) is 0 Å². The average molecular weight is 265 g/mol. The van der Waals surface area contributed by atoms with E-state index in [1.807, 2.05) is 24.3 Å². The highest BCUT2D eigenvalue weighted by Crippen LogP contribution is 2.13. The zero-order valence-corrected chi connectivity index (χ0v) is 12.0. The zero-order valence-electron chi connectivity index (χ0n) is 11.2.